The summed E-state index contributed by atoms with van der Waals surface area (Å²) in [5, 5.41) is 0. The van der Waals surface area contributed by atoms with Crippen LogP contribution in [0.3, 0.4) is 0 Å². The summed E-state index contributed by atoms with van der Waals surface area (Å²) < 4.78 is 27.2. The summed E-state index contributed by atoms with van der Waals surface area (Å²) in [7, 11) is 0. The van der Waals surface area contributed by atoms with Gasteiger partial charge < -0.3 is 4.90 Å². The van der Waals surface area contributed by atoms with E-state index >= 15 is 0 Å². The lowest BCUT2D eigenvalue weighted by atomic mass is 9.99. The molecule has 0 aromatic heterocycles. The van der Waals surface area contributed by atoms with Crippen molar-refractivity contribution in [3.05, 3.63) is 82.1 Å². The maximum Gasteiger partial charge on any atom is 0.270 e. The number of fused-ring (bicyclic) bond motifs is 2. The zero-order chi connectivity index (χ0) is 23.9. The predicted octanol–water partition coefficient (Wildman–Crippen LogP) is 3.95. The first kappa shape index (κ1) is 22.3. The predicted molar refractivity (Wildman–Crippen MR) is 127 cm³/mol. The van der Waals surface area contributed by atoms with Gasteiger partial charge in [0.05, 0.1) is 18.7 Å². The van der Waals surface area contributed by atoms with Gasteiger partial charge in [-0.15, -0.1) is 6.42 Å². The van der Waals surface area contributed by atoms with Crippen molar-refractivity contribution in [1.29, 1.82) is 0 Å². The van der Waals surface area contributed by atoms with Crippen LogP contribution in [-0.2, 0) is 23.8 Å². The maximum atomic E-state index is 13.6. The van der Waals surface area contributed by atoms with Gasteiger partial charge in [-0.2, -0.15) is 0 Å². The van der Waals surface area contributed by atoms with E-state index in [1.807, 2.05) is 18.2 Å². The lowest BCUT2D eigenvalue weighted by Gasteiger charge is -2.42. The zero-order valence-electron chi connectivity index (χ0n) is 19.1. The number of nitrogens with zero attached hydrogens (tertiary/aromatic N) is 4. The van der Waals surface area contributed by atoms with E-state index in [1.165, 1.54) is 12.1 Å². The van der Waals surface area contributed by atoms with Crippen LogP contribution in [0.25, 0.3) is 0 Å². The highest BCUT2D eigenvalue weighted by Crippen LogP contribution is 2.33. The average Bonchev–Trinajstić information content (AvgIpc) is 3.31. The number of carbonyl (C=O) groups is 1. The first-order chi connectivity index (χ1) is 16.3. The fourth-order valence-electron chi connectivity index (χ4n) is 4.85. The largest absolute Gasteiger partial charge is 0.314 e. The topological polar surface area (TPSA) is 39.2 Å². The number of alkyl halides is 2. The Hall–Kier alpha value is -3.50. The summed E-state index contributed by atoms with van der Waals surface area (Å²) in [6.45, 7) is 4.69. The highest BCUT2D eigenvalue weighted by Gasteiger charge is 2.41. The van der Waals surface area contributed by atoms with Crippen molar-refractivity contribution >= 4 is 11.9 Å². The van der Waals surface area contributed by atoms with Crippen molar-refractivity contribution in [2.45, 2.75) is 32.4 Å². The Bertz CT molecular complexity index is 1220. The molecule has 3 heterocycles. The minimum atomic E-state index is -2.89. The fourth-order valence-corrected chi connectivity index (χ4v) is 4.85. The molecule has 0 fully saturated rings. The number of aliphatic imine (C=N–C) groups is 1. The quantitative estimate of drug-likeness (QED) is 0.635. The molecule has 0 saturated carbocycles. The molecular formula is C27H26F2N4O. The van der Waals surface area contributed by atoms with Gasteiger partial charge in [0.15, 0.2) is 0 Å². The van der Waals surface area contributed by atoms with Crippen molar-refractivity contribution in [1.82, 2.24) is 14.7 Å². The van der Waals surface area contributed by atoms with E-state index in [0.29, 0.717) is 32.1 Å². The highest BCUT2D eigenvalue weighted by atomic mass is 19.3. The molecule has 2 aromatic carbocycles. The second-order valence-electron chi connectivity index (χ2n) is 9.04. The molecule has 0 aliphatic carbocycles. The molecule has 0 radical (unpaired) electrons. The average molecular weight is 461 g/mol. The van der Waals surface area contributed by atoms with Gasteiger partial charge in [0, 0.05) is 56.3 Å². The van der Waals surface area contributed by atoms with Gasteiger partial charge in [-0.1, -0.05) is 42.3 Å². The van der Waals surface area contributed by atoms with Crippen molar-refractivity contribution in [3.8, 4) is 12.3 Å². The van der Waals surface area contributed by atoms with Crippen molar-refractivity contribution in [2.24, 2.45) is 4.99 Å². The summed E-state index contributed by atoms with van der Waals surface area (Å²) in [5.41, 5.74) is 4.57. The molecule has 5 nitrogen and oxygen atoms in total. The molecule has 1 amide bonds. The van der Waals surface area contributed by atoms with Crippen LogP contribution in [0.2, 0.25) is 0 Å². The standard InChI is InChI=1S/C27H26F2N4O/c1-3-19-5-4-6-21(15-19)16-31-13-11-24-23(18-31)25(34)33(26-30-12-14-32(24)26)17-20-7-9-22(10-8-20)27(2,28)29/h1,4-10,15H,11-14,16-18H2,2H3. The van der Waals surface area contributed by atoms with Crippen molar-refractivity contribution < 1.29 is 13.6 Å². The van der Waals surface area contributed by atoms with Crippen molar-refractivity contribution in [3.63, 3.8) is 0 Å². The number of terminal acetylenes is 1. The smallest absolute Gasteiger partial charge is 0.270 e. The van der Waals surface area contributed by atoms with E-state index in [0.717, 1.165) is 54.4 Å². The van der Waals surface area contributed by atoms with Gasteiger partial charge >= 0.3 is 0 Å². The molecule has 5 rings (SSSR count). The van der Waals surface area contributed by atoms with Crippen LogP contribution < -0.4 is 0 Å². The molecule has 174 valence electrons. The molecule has 7 heteroatoms. The molecule has 34 heavy (non-hydrogen) atoms. The second-order valence-corrected chi connectivity index (χ2v) is 9.04. The SMILES string of the molecule is C#Cc1cccc(CN2CCC3=C(C2)C(=O)N(Cc2ccc(C(C)(F)F)cc2)C2=NCCN23)c1. The van der Waals surface area contributed by atoms with Gasteiger partial charge in [-0.05, 0) is 23.3 Å². The Morgan fingerprint density at radius 2 is 1.88 bits per heavy atom. The van der Waals surface area contributed by atoms with E-state index in [2.05, 4.69) is 26.8 Å². The number of hydrogen-bond acceptors (Lipinski definition) is 4. The number of amides is 1. The van der Waals surface area contributed by atoms with Gasteiger partial charge in [0.25, 0.3) is 11.8 Å². The minimum absolute atomic E-state index is 0.0390. The molecule has 0 spiro atoms. The molecule has 0 bridgehead atoms. The van der Waals surface area contributed by atoms with E-state index in [1.54, 1.807) is 17.0 Å². The van der Waals surface area contributed by atoms with Crippen LogP contribution in [0.15, 0.2) is 64.8 Å². The van der Waals surface area contributed by atoms with Crippen LogP contribution in [-0.4, -0.2) is 52.7 Å². The van der Waals surface area contributed by atoms with Crippen LogP contribution >= 0.6 is 0 Å². The minimum Gasteiger partial charge on any atom is -0.314 e. The Balaban J connectivity index is 1.37. The van der Waals surface area contributed by atoms with E-state index in [-0.39, 0.29) is 11.5 Å². The summed E-state index contributed by atoms with van der Waals surface area (Å²) in [5.74, 6) is 0.394. The van der Waals surface area contributed by atoms with Crippen LogP contribution in [0.4, 0.5) is 8.78 Å². The maximum absolute atomic E-state index is 13.6. The Morgan fingerprint density at radius 3 is 2.62 bits per heavy atom. The third-order valence-corrected chi connectivity index (χ3v) is 6.59. The number of benzene rings is 2. The van der Waals surface area contributed by atoms with Gasteiger partial charge in [-0.25, -0.2) is 8.78 Å². The molecule has 0 N–H and O–H groups in total. The summed E-state index contributed by atoms with van der Waals surface area (Å²) in [4.78, 5) is 24.3. The van der Waals surface area contributed by atoms with Crippen LogP contribution in [0.1, 0.15) is 35.6 Å². The fraction of sp³-hybridized carbons (Fsp3) is 0.333. The zero-order valence-corrected chi connectivity index (χ0v) is 19.1. The number of halogens is 2. The first-order valence-electron chi connectivity index (χ1n) is 11.4. The monoisotopic (exact) mass is 460 g/mol. The van der Waals surface area contributed by atoms with E-state index in [9.17, 15) is 13.6 Å². The number of hydrogen-bond donors (Lipinski definition) is 0. The summed E-state index contributed by atoms with van der Waals surface area (Å²) in [6, 6.07) is 14.1. The molecule has 0 unspecified atom stereocenters. The normalized spacial score (nSPS) is 18.5. The summed E-state index contributed by atoms with van der Waals surface area (Å²) in [6.07, 6.45) is 6.32. The Morgan fingerprint density at radius 1 is 1.09 bits per heavy atom. The number of carbonyl (C=O) groups excluding carboxylic acids is 1. The summed E-state index contributed by atoms with van der Waals surface area (Å²) >= 11 is 0. The molecular weight excluding hydrogens is 434 g/mol. The van der Waals surface area contributed by atoms with Crippen molar-refractivity contribution in [2.75, 3.05) is 26.2 Å². The van der Waals surface area contributed by atoms with Crippen LogP contribution in [0.5, 0.6) is 0 Å². The molecule has 2 aromatic rings. The number of guanidine groups is 1. The van der Waals surface area contributed by atoms with Gasteiger partial charge in [0.1, 0.15) is 0 Å². The molecule has 3 aliphatic rings. The third-order valence-electron chi connectivity index (χ3n) is 6.59. The Labute approximate surface area is 198 Å². The van der Waals surface area contributed by atoms with Crippen LogP contribution in [0, 0.1) is 12.3 Å². The molecule has 0 atom stereocenters. The molecule has 3 aliphatic heterocycles. The first-order valence-corrected chi connectivity index (χ1v) is 11.4. The lowest BCUT2D eigenvalue weighted by Crippen LogP contribution is -2.53. The second kappa shape index (κ2) is 8.69. The lowest BCUT2D eigenvalue weighted by molar-refractivity contribution is -0.125. The van der Waals surface area contributed by atoms with Gasteiger partial charge in [-0.3, -0.25) is 19.6 Å². The molecule has 0 saturated heterocycles. The van der Waals surface area contributed by atoms with E-state index < -0.39 is 5.92 Å². The Kier molecular flexibility index (Phi) is 5.70. The van der Waals surface area contributed by atoms with E-state index in [4.69, 9.17) is 6.42 Å². The van der Waals surface area contributed by atoms with Gasteiger partial charge in [0.2, 0.25) is 5.96 Å². The number of rotatable bonds is 5. The third kappa shape index (κ3) is 4.22. The highest BCUT2D eigenvalue weighted by molar-refractivity contribution is 6.09.